The van der Waals surface area contributed by atoms with Gasteiger partial charge in [0.2, 0.25) is 0 Å². The van der Waals surface area contributed by atoms with E-state index in [1.807, 2.05) is 13.8 Å². The average molecular weight is 280 g/mol. The lowest BCUT2D eigenvalue weighted by Crippen LogP contribution is -2.43. The zero-order valence-electron chi connectivity index (χ0n) is 12.7. The summed E-state index contributed by atoms with van der Waals surface area (Å²) in [7, 11) is 1.61. The smallest absolute Gasteiger partial charge is 0.260 e. The van der Waals surface area contributed by atoms with Crippen LogP contribution >= 0.6 is 0 Å². The molecule has 1 amide bonds. The first kappa shape index (κ1) is 16.4. The number of aromatic nitrogens is 1. The van der Waals surface area contributed by atoms with Crippen molar-refractivity contribution in [2.45, 2.75) is 39.7 Å². The molecule has 1 N–H and O–H groups in total. The van der Waals surface area contributed by atoms with E-state index in [-0.39, 0.29) is 23.1 Å². The van der Waals surface area contributed by atoms with E-state index >= 15 is 0 Å². The molecular formula is C15H24N2O3. The van der Waals surface area contributed by atoms with E-state index in [2.05, 4.69) is 4.98 Å². The highest BCUT2D eigenvalue weighted by Gasteiger charge is 2.24. The van der Waals surface area contributed by atoms with Crippen LogP contribution in [0.1, 0.15) is 42.7 Å². The SMILES string of the molecule is CCC(CC)N(CCOC)C(=O)c1ccc(C)[nH]c1=O. The molecule has 1 heterocycles. The van der Waals surface area contributed by atoms with Gasteiger partial charge in [0, 0.05) is 25.4 Å². The van der Waals surface area contributed by atoms with E-state index in [1.165, 1.54) is 0 Å². The second kappa shape index (κ2) is 7.85. The van der Waals surface area contributed by atoms with Crippen LogP contribution in [-0.2, 0) is 4.74 Å². The van der Waals surface area contributed by atoms with Crippen LogP contribution in [0.3, 0.4) is 0 Å². The predicted molar refractivity (Wildman–Crippen MR) is 79.1 cm³/mol. The Labute approximate surface area is 119 Å². The number of H-pyrrole nitrogens is 1. The van der Waals surface area contributed by atoms with Gasteiger partial charge in [-0.25, -0.2) is 0 Å². The van der Waals surface area contributed by atoms with Crippen molar-refractivity contribution < 1.29 is 9.53 Å². The molecule has 0 spiro atoms. The van der Waals surface area contributed by atoms with E-state index in [0.717, 1.165) is 18.5 Å². The van der Waals surface area contributed by atoms with Crippen LogP contribution in [0.25, 0.3) is 0 Å². The quantitative estimate of drug-likeness (QED) is 0.830. The molecule has 0 unspecified atom stereocenters. The van der Waals surface area contributed by atoms with Gasteiger partial charge in [-0.15, -0.1) is 0 Å². The van der Waals surface area contributed by atoms with Crippen LogP contribution < -0.4 is 5.56 Å². The minimum absolute atomic E-state index is 0.123. The van der Waals surface area contributed by atoms with Crippen LogP contribution in [-0.4, -0.2) is 42.1 Å². The number of carbonyl (C=O) groups excluding carboxylic acids is 1. The van der Waals surface area contributed by atoms with Gasteiger partial charge in [-0.3, -0.25) is 9.59 Å². The first-order chi connectivity index (χ1) is 9.54. The van der Waals surface area contributed by atoms with E-state index in [0.29, 0.717) is 13.2 Å². The molecule has 5 nitrogen and oxygen atoms in total. The highest BCUT2D eigenvalue weighted by Crippen LogP contribution is 2.12. The topological polar surface area (TPSA) is 62.4 Å². The monoisotopic (exact) mass is 280 g/mol. The standard InChI is InChI=1S/C15H24N2O3/c1-5-12(6-2)17(9-10-20-4)15(19)13-8-7-11(3)16-14(13)18/h7-8,12H,5-6,9-10H2,1-4H3,(H,16,18). The number of nitrogens with zero attached hydrogens (tertiary/aromatic N) is 1. The zero-order chi connectivity index (χ0) is 15.1. The minimum atomic E-state index is -0.330. The van der Waals surface area contributed by atoms with E-state index < -0.39 is 0 Å². The molecule has 112 valence electrons. The summed E-state index contributed by atoms with van der Waals surface area (Å²) in [5.74, 6) is -0.225. The van der Waals surface area contributed by atoms with Gasteiger partial charge in [0.25, 0.3) is 11.5 Å². The van der Waals surface area contributed by atoms with Gasteiger partial charge in [0.1, 0.15) is 5.56 Å². The van der Waals surface area contributed by atoms with Crippen LogP contribution in [0, 0.1) is 6.92 Å². The van der Waals surface area contributed by atoms with Crippen molar-refractivity contribution in [3.05, 3.63) is 33.7 Å². The van der Waals surface area contributed by atoms with Crippen LogP contribution in [0.15, 0.2) is 16.9 Å². The van der Waals surface area contributed by atoms with Gasteiger partial charge in [-0.05, 0) is 31.9 Å². The number of hydrogen-bond donors (Lipinski definition) is 1. The van der Waals surface area contributed by atoms with Gasteiger partial charge in [0.05, 0.1) is 6.61 Å². The molecule has 0 saturated carbocycles. The Morgan fingerprint density at radius 2 is 2.00 bits per heavy atom. The third kappa shape index (κ3) is 3.93. The molecule has 0 bridgehead atoms. The van der Waals surface area contributed by atoms with Crippen LogP contribution in [0.5, 0.6) is 0 Å². The maximum atomic E-state index is 12.6. The molecular weight excluding hydrogens is 256 g/mol. The lowest BCUT2D eigenvalue weighted by atomic mass is 10.1. The maximum Gasteiger partial charge on any atom is 0.260 e. The fourth-order valence-corrected chi connectivity index (χ4v) is 2.26. The normalized spacial score (nSPS) is 10.8. The summed E-state index contributed by atoms with van der Waals surface area (Å²) in [5.41, 5.74) is 0.611. The van der Waals surface area contributed by atoms with Crippen LogP contribution in [0.2, 0.25) is 0 Å². The summed E-state index contributed by atoms with van der Waals surface area (Å²) in [6.45, 7) is 6.83. The number of aromatic amines is 1. The van der Waals surface area contributed by atoms with Gasteiger partial charge in [-0.1, -0.05) is 13.8 Å². The summed E-state index contributed by atoms with van der Waals surface area (Å²) < 4.78 is 5.07. The molecule has 0 aliphatic rings. The first-order valence-corrected chi connectivity index (χ1v) is 7.04. The number of ether oxygens (including phenoxy) is 1. The Hall–Kier alpha value is -1.62. The number of methoxy groups -OCH3 is 1. The van der Waals surface area contributed by atoms with Crippen LogP contribution in [0.4, 0.5) is 0 Å². The Kier molecular flexibility index (Phi) is 6.45. The molecule has 0 radical (unpaired) electrons. The van der Waals surface area contributed by atoms with Crippen molar-refractivity contribution in [3.8, 4) is 0 Å². The highest BCUT2D eigenvalue weighted by atomic mass is 16.5. The fraction of sp³-hybridized carbons (Fsp3) is 0.600. The van der Waals surface area contributed by atoms with Crippen molar-refractivity contribution in [2.24, 2.45) is 0 Å². The number of nitrogens with one attached hydrogen (secondary N) is 1. The van der Waals surface area contributed by atoms with Gasteiger partial charge < -0.3 is 14.6 Å². The minimum Gasteiger partial charge on any atom is -0.383 e. The maximum absolute atomic E-state index is 12.6. The number of hydrogen-bond acceptors (Lipinski definition) is 3. The van der Waals surface area contributed by atoms with Crippen molar-refractivity contribution in [2.75, 3.05) is 20.3 Å². The third-order valence-corrected chi connectivity index (χ3v) is 3.47. The second-order valence-corrected chi connectivity index (χ2v) is 4.85. The molecule has 1 aromatic heterocycles. The number of carbonyl (C=O) groups is 1. The molecule has 0 atom stereocenters. The lowest BCUT2D eigenvalue weighted by Gasteiger charge is -2.30. The molecule has 0 fully saturated rings. The Morgan fingerprint density at radius 1 is 1.35 bits per heavy atom. The Balaban J connectivity index is 3.05. The molecule has 0 saturated heterocycles. The van der Waals surface area contributed by atoms with E-state index in [1.54, 1.807) is 31.1 Å². The molecule has 0 aromatic carbocycles. The number of rotatable bonds is 7. The average Bonchev–Trinajstić information content (AvgIpc) is 2.43. The summed E-state index contributed by atoms with van der Waals surface area (Å²) in [6.07, 6.45) is 1.71. The van der Waals surface area contributed by atoms with Crippen molar-refractivity contribution in [1.29, 1.82) is 0 Å². The van der Waals surface area contributed by atoms with Crippen molar-refractivity contribution >= 4 is 5.91 Å². The van der Waals surface area contributed by atoms with Gasteiger partial charge >= 0.3 is 0 Å². The zero-order valence-corrected chi connectivity index (χ0v) is 12.7. The fourth-order valence-electron chi connectivity index (χ4n) is 2.26. The molecule has 5 heteroatoms. The molecule has 0 aliphatic carbocycles. The molecule has 1 aromatic rings. The largest absolute Gasteiger partial charge is 0.383 e. The number of pyridine rings is 1. The molecule has 1 rings (SSSR count). The number of aryl methyl sites for hydroxylation is 1. The Bertz CT molecular complexity index is 492. The summed E-state index contributed by atoms with van der Waals surface area (Å²) >= 11 is 0. The summed E-state index contributed by atoms with van der Waals surface area (Å²) in [6, 6.07) is 3.47. The Morgan fingerprint density at radius 3 is 2.50 bits per heavy atom. The van der Waals surface area contributed by atoms with Gasteiger partial charge in [0.15, 0.2) is 0 Å². The third-order valence-electron chi connectivity index (χ3n) is 3.47. The lowest BCUT2D eigenvalue weighted by molar-refractivity contribution is 0.0587. The predicted octanol–water partition coefficient (Wildman–Crippen LogP) is 1.96. The summed E-state index contributed by atoms with van der Waals surface area (Å²) in [4.78, 5) is 28.9. The second-order valence-electron chi connectivity index (χ2n) is 4.85. The number of amides is 1. The molecule has 20 heavy (non-hydrogen) atoms. The summed E-state index contributed by atoms with van der Waals surface area (Å²) in [5, 5.41) is 0. The molecule has 0 aliphatic heterocycles. The van der Waals surface area contributed by atoms with Crippen molar-refractivity contribution in [1.82, 2.24) is 9.88 Å². The van der Waals surface area contributed by atoms with E-state index in [9.17, 15) is 9.59 Å². The van der Waals surface area contributed by atoms with E-state index in [4.69, 9.17) is 4.74 Å². The highest BCUT2D eigenvalue weighted by molar-refractivity contribution is 5.94. The van der Waals surface area contributed by atoms with Gasteiger partial charge in [-0.2, -0.15) is 0 Å². The first-order valence-electron chi connectivity index (χ1n) is 7.04. The van der Waals surface area contributed by atoms with Crippen molar-refractivity contribution in [3.63, 3.8) is 0 Å².